The predicted molar refractivity (Wildman–Crippen MR) is 55.0 cm³/mol. The van der Waals surface area contributed by atoms with Crippen molar-refractivity contribution >= 4 is 21.6 Å². The maximum absolute atomic E-state index is 12.7. The third-order valence-electron chi connectivity index (χ3n) is 1.87. The average Bonchev–Trinajstić information content (AvgIpc) is 2.26. The maximum Gasteiger partial charge on any atom is 0.300 e. The summed E-state index contributed by atoms with van der Waals surface area (Å²) >= 11 is 3.04. The Morgan fingerprint density at radius 3 is 2.69 bits per heavy atom. The van der Waals surface area contributed by atoms with Crippen molar-refractivity contribution in [2.45, 2.75) is 11.8 Å². The monoisotopic (exact) mass is 296 g/mol. The normalized spacial score (nSPS) is 10.6. The van der Waals surface area contributed by atoms with Crippen molar-refractivity contribution < 1.29 is 18.4 Å². The van der Waals surface area contributed by atoms with Crippen LogP contribution in [0.5, 0.6) is 5.75 Å². The second-order valence-corrected chi connectivity index (χ2v) is 3.29. The molecule has 0 saturated heterocycles. The molecule has 0 bridgehead atoms. The van der Waals surface area contributed by atoms with Gasteiger partial charge in [0, 0.05) is 5.33 Å². The summed E-state index contributed by atoms with van der Waals surface area (Å²) in [6, 6.07) is 0. The highest BCUT2D eigenvalue weighted by atomic mass is 79.9. The number of aromatic nitrogens is 1. The number of halogens is 3. The molecule has 88 valence electrons. The summed E-state index contributed by atoms with van der Waals surface area (Å²) in [4.78, 5) is 13.3. The molecular weight excluding hydrogens is 290 g/mol. The summed E-state index contributed by atoms with van der Waals surface area (Å²) in [6.07, 6.45) is -2.18. The SMILES string of the molecule is COc1c(CBr)ncc([N+](=O)[O-])c1C(F)F. The van der Waals surface area contributed by atoms with E-state index in [4.69, 9.17) is 4.74 Å². The number of hydrogen-bond acceptors (Lipinski definition) is 4. The lowest BCUT2D eigenvalue weighted by Gasteiger charge is -2.10. The van der Waals surface area contributed by atoms with Crippen LogP contribution in [-0.2, 0) is 5.33 Å². The van der Waals surface area contributed by atoms with E-state index in [9.17, 15) is 18.9 Å². The molecule has 1 aromatic rings. The van der Waals surface area contributed by atoms with Gasteiger partial charge in [-0.1, -0.05) is 15.9 Å². The lowest BCUT2D eigenvalue weighted by atomic mass is 10.2. The topological polar surface area (TPSA) is 65.3 Å². The van der Waals surface area contributed by atoms with Crippen molar-refractivity contribution in [2.24, 2.45) is 0 Å². The molecule has 0 unspecified atom stereocenters. The van der Waals surface area contributed by atoms with Gasteiger partial charge in [0.15, 0.2) is 5.75 Å². The van der Waals surface area contributed by atoms with Crippen molar-refractivity contribution in [3.05, 3.63) is 27.6 Å². The van der Waals surface area contributed by atoms with Gasteiger partial charge in [-0.25, -0.2) is 13.8 Å². The van der Waals surface area contributed by atoms with E-state index in [-0.39, 0.29) is 16.8 Å². The third kappa shape index (κ3) is 2.26. The van der Waals surface area contributed by atoms with Crippen LogP contribution in [0.3, 0.4) is 0 Å². The van der Waals surface area contributed by atoms with Gasteiger partial charge in [-0.2, -0.15) is 0 Å². The van der Waals surface area contributed by atoms with Gasteiger partial charge in [0.2, 0.25) is 0 Å². The number of alkyl halides is 3. The van der Waals surface area contributed by atoms with Gasteiger partial charge in [0.05, 0.1) is 17.7 Å². The average molecular weight is 297 g/mol. The summed E-state index contributed by atoms with van der Waals surface area (Å²) in [5.74, 6) is -0.249. The summed E-state index contributed by atoms with van der Waals surface area (Å²) in [7, 11) is 1.17. The number of pyridine rings is 1. The molecule has 1 aromatic heterocycles. The van der Waals surface area contributed by atoms with Crippen LogP contribution in [0.25, 0.3) is 0 Å². The zero-order chi connectivity index (χ0) is 12.3. The van der Waals surface area contributed by atoms with E-state index in [1.807, 2.05) is 0 Å². The Kier molecular flexibility index (Phi) is 4.11. The first kappa shape index (κ1) is 12.8. The number of ether oxygens (including phenoxy) is 1. The fourth-order valence-electron chi connectivity index (χ4n) is 1.22. The van der Waals surface area contributed by atoms with Gasteiger partial charge in [-0.05, 0) is 0 Å². The van der Waals surface area contributed by atoms with Crippen molar-refractivity contribution in [1.82, 2.24) is 4.98 Å². The molecule has 1 heterocycles. The summed E-state index contributed by atoms with van der Waals surface area (Å²) in [5.41, 5.74) is -1.28. The molecule has 0 amide bonds. The van der Waals surface area contributed by atoms with E-state index in [0.29, 0.717) is 0 Å². The fourth-order valence-corrected chi connectivity index (χ4v) is 1.62. The number of nitrogens with zero attached hydrogens (tertiary/aromatic N) is 2. The van der Waals surface area contributed by atoms with Crippen LogP contribution in [-0.4, -0.2) is 17.0 Å². The minimum absolute atomic E-state index is 0.174. The fraction of sp³-hybridized carbons (Fsp3) is 0.375. The van der Waals surface area contributed by atoms with E-state index in [2.05, 4.69) is 20.9 Å². The Bertz CT molecular complexity index is 415. The van der Waals surface area contributed by atoms with Gasteiger partial charge in [0.25, 0.3) is 12.1 Å². The van der Waals surface area contributed by atoms with Gasteiger partial charge in [-0.3, -0.25) is 10.1 Å². The summed E-state index contributed by atoms with van der Waals surface area (Å²) in [6.45, 7) is 0. The minimum Gasteiger partial charge on any atom is -0.494 e. The molecule has 0 aliphatic rings. The Labute approximate surface area is 97.7 Å². The van der Waals surface area contributed by atoms with E-state index < -0.39 is 22.6 Å². The predicted octanol–water partition coefficient (Wildman–Crippen LogP) is 2.83. The molecule has 1 rings (SSSR count). The molecule has 0 N–H and O–H groups in total. The van der Waals surface area contributed by atoms with Crippen molar-refractivity contribution in [1.29, 1.82) is 0 Å². The van der Waals surface area contributed by atoms with E-state index in [1.54, 1.807) is 0 Å². The quantitative estimate of drug-likeness (QED) is 0.487. The van der Waals surface area contributed by atoms with Gasteiger partial charge in [0.1, 0.15) is 11.8 Å². The molecule has 0 radical (unpaired) electrons. The summed E-state index contributed by atoms with van der Waals surface area (Å²) < 4.78 is 30.2. The lowest BCUT2D eigenvalue weighted by molar-refractivity contribution is -0.386. The number of nitro groups is 1. The first-order valence-electron chi connectivity index (χ1n) is 4.07. The Balaban J connectivity index is 3.50. The van der Waals surface area contributed by atoms with Crippen molar-refractivity contribution in [2.75, 3.05) is 7.11 Å². The summed E-state index contributed by atoms with van der Waals surface area (Å²) in [5, 5.41) is 10.7. The zero-order valence-electron chi connectivity index (χ0n) is 8.11. The van der Waals surface area contributed by atoms with Crippen molar-refractivity contribution in [3.8, 4) is 5.75 Å². The highest BCUT2D eigenvalue weighted by molar-refractivity contribution is 9.08. The van der Waals surface area contributed by atoms with Crippen LogP contribution in [0.2, 0.25) is 0 Å². The molecule has 16 heavy (non-hydrogen) atoms. The van der Waals surface area contributed by atoms with Crippen LogP contribution in [0.4, 0.5) is 14.5 Å². The first-order chi connectivity index (χ1) is 7.52. The van der Waals surface area contributed by atoms with Crippen LogP contribution < -0.4 is 4.74 Å². The Hall–Kier alpha value is -1.31. The Morgan fingerprint density at radius 2 is 2.31 bits per heavy atom. The molecule has 0 aliphatic carbocycles. The number of hydrogen-bond donors (Lipinski definition) is 0. The number of methoxy groups -OCH3 is 1. The molecule has 0 aromatic carbocycles. The molecule has 5 nitrogen and oxygen atoms in total. The zero-order valence-corrected chi connectivity index (χ0v) is 9.70. The van der Waals surface area contributed by atoms with E-state index in [0.717, 1.165) is 6.20 Å². The smallest absolute Gasteiger partial charge is 0.300 e. The van der Waals surface area contributed by atoms with Gasteiger partial charge in [-0.15, -0.1) is 0 Å². The van der Waals surface area contributed by atoms with E-state index >= 15 is 0 Å². The minimum atomic E-state index is -2.99. The second-order valence-electron chi connectivity index (χ2n) is 2.73. The van der Waals surface area contributed by atoms with Crippen LogP contribution in [0.15, 0.2) is 6.20 Å². The molecule has 0 spiro atoms. The standard InChI is InChI=1S/C8H7BrF2N2O3/c1-16-7-4(2-9)12-3-5(13(14)15)6(7)8(10)11/h3,8H,2H2,1H3. The first-order valence-corrected chi connectivity index (χ1v) is 5.19. The number of rotatable bonds is 4. The third-order valence-corrected chi connectivity index (χ3v) is 2.40. The maximum atomic E-state index is 12.7. The molecule has 0 aliphatic heterocycles. The van der Waals surface area contributed by atoms with Gasteiger partial charge >= 0.3 is 0 Å². The van der Waals surface area contributed by atoms with Crippen molar-refractivity contribution in [3.63, 3.8) is 0 Å². The molecule has 0 atom stereocenters. The van der Waals surface area contributed by atoms with Gasteiger partial charge < -0.3 is 4.74 Å². The molecule has 0 fully saturated rings. The molecule has 0 saturated carbocycles. The van der Waals surface area contributed by atoms with Crippen LogP contribution in [0, 0.1) is 10.1 Å². The van der Waals surface area contributed by atoms with E-state index in [1.165, 1.54) is 7.11 Å². The molecule has 8 heteroatoms. The largest absolute Gasteiger partial charge is 0.494 e. The molecular formula is C8H7BrF2N2O3. The highest BCUT2D eigenvalue weighted by Crippen LogP contribution is 2.38. The lowest BCUT2D eigenvalue weighted by Crippen LogP contribution is -2.04. The highest BCUT2D eigenvalue weighted by Gasteiger charge is 2.29. The Morgan fingerprint density at radius 1 is 1.69 bits per heavy atom. The van der Waals surface area contributed by atoms with Crippen LogP contribution in [0.1, 0.15) is 17.7 Å². The van der Waals surface area contributed by atoms with Crippen LogP contribution >= 0.6 is 15.9 Å². The second kappa shape index (κ2) is 5.15.